The summed E-state index contributed by atoms with van der Waals surface area (Å²) in [5.74, 6) is -6.00. The number of pyridine rings is 1. The molecule has 3 amide bonds. The van der Waals surface area contributed by atoms with Crippen LogP contribution in [0.25, 0.3) is 11.1 Å². The first-order valence-corrected chi connectivity index (χ1v) is 14.0. The summed E-state index contributed by atoms with van der Waals surface area (Å²) < 4.78 is 31.2. The standard InChI is InChI=1S/C32H36F2N4O6/c1-6-9-24(35-30(42)21-12-8-13-38(32(21)44)17-26(39)37(4)5)31(43)36-25(16-27(40)41)22-14-20(15-23(33)29(22)34)28-18(2)10-7-11-19(28)3/h7-8,10-15,24-25H,6,9,16-17H2,1-5H3,(H,35,42)(H,36,43)(H,40,41)/t24-,25-/m0/s1. The third-order valence-electron chi connectivity index (χ3n) is 7.17. The fourth-order valence-electron chi connectivity index (χ4n) is 4.88. The fourth-order valence-corrected chi connectivity index (χ4v) is 4.88. The normalized spacial score (nSPS) is 12.2. The molecule has 3 aromatic rings. The average Bonchev–Trinajstić information content (AvgIpc) is 2.94. The predicted molar refractivity (Wildman–Crippen MR) is 160 cm³/mol. The average molecular weight is 611 g/mol. The molecule has 0 fully saturated rings. The minimum atomic E-state index is -1.49. The number of nitrogens with zero attached hydrogens (tertiary/aromatic N) is 2. The largest absolute Gasteiger partial charge is 0.481 e. The van der Waals surface area contributed by atoms with Gasteiger partial charge in [-0.25, -0.2) is 8.78 Å². The van der Waals surface area contributed by atoms with E-state index in [4.69, 9.17) is 0 Å². The Morgan fingerprint density at radius 1 is 1.00 bits per heavy atom. The van der Waals surface area contributed by atoms with E-state index < -0.39 is 53.5 Å². The summed E-state index contributed by atoms with van der Waals surface area (Å²) in [6.45, 7) is 5.05. The number of likely N-dealkylation sites (N-methyl/N-ethyl adjacent to an activating group) is 1. The monoisotopic (exact) mass is 610 g/mol. The number of carboxylic acid groups (broad SMARTS) is 1. The molecule has 12 heteroatoms. The van der Waals surface area contributed by atoms with Crippen LogP contribution in [0.2, 0.25) is 0 Å². The highest BCUT2D eigenvalue weighted by Crippen LogP contribution is 2.33. The third-order valence-corrected chi connectivity index (χ3v) is 7.17. The van der Waals surface area contributed by atoms with Gasteiger partial charge < -0.3 is 25.2 Å². The summed E-state index contributed by atoms with van der Waals surface area (Å²) in [7, 11) is 3.05. The molecule has 0 saturated heterocycles. The van der Waals surface area contributed by atoms with Gasteiger partial charge in [-0.3, -0.25) is 24.0 Å². The van der Waals surface area contributed by atoms with Crippen molar-refractivity contribution in [2.75, 3.05) is 14.1 Å². The lowest BCUT2D eigenvalue weighted by atomic mass is 9.92. The smallest absolute Gasteiger partial charge is 0.305 e. The van der Waals surface area contributed by atoms with Crippen LogP contribution in [0.3, 0.4) is 0 Å². The Labute approximate surface area is 253 Å². The number of aromatic nitrogens is 1. The number of aliphatic carboxylic acids is 1. The van der Waals surface area contributed by atoms with Gasteiger partial charge >= 0.3 is 5.97 Å². The summed E-state index contributed by atoms with van der Waals surface area (Å²) in [4.78, 5) is 64.6. The quantitative estimate of drug-likeness (QED) is 0.286. The number of carbonyl (C=O) groups is 4. The van der Waals surface area contributed by atoms with E-state index in [9.17, 15) is 33.5 Å². The van der Waals surface area contributed by atoms with E-state index in [2.05, 4.69) is 10.6 Å². The highest BCUT2D eigenvalue weighted by Gasteiger charge is 2.29. The van der Waals surface area contributed by atoms with Gasteiger partial charge in [-0.1, -0.05) is 31.5 Å². The lowest BCUT2D eigenvalue weighted by Gasteiger charge is -2.24. The summed E-state index contributed by atoms with van der Waals surface area (Å²) in [5.41, 5.74) is 1.10. The van der Waals surface area contributed by atoms with Gasteiger partial charge in [0.15, 0.2) is 11.6 Å². The second kappa shape index (κ2) is 14.5. The Balaban J connectivity index is 1.94. The number of carbonyl (C=O) groups excluding carboxylic acids is 3. The molecule has 44 heavy (non-hydrogen) atoms. The first-order chi connectivity index (χ1) is 20.7. The van der Waals surface area contributed by atoms with Gasteiger partial charge in [0, 0.05) is 25.9 Å². The van der Waals surface area contributed by atoms with E-state index in [1.165, 1.54) is 43.4 Å². The van der Waals surface area contributed by atoms with E-state index in [1.807, 2.05) is 6.07 Å². The molecule has 1 heterocycles. The molecule has 0 aliphatic heterocycles. The van der Waals surface area contributed by atoms with Gasteiger partial charge in [0.25, 0.3) is 11.5 Å². The highest BCUT2D eigenvalue weighted by molar-refractivity contribution is 5.97. The van der Waals surface area contributed by atoms with Gasteiger partial charge in [0.1, 0.15) is 18.2 Å². The lowest BCUT2D eigenvalue weighted by molar-refractivity contribution is -0.138. The molecular formula is C32H36F2N4O6. The molecule has 0 saturated carbocycles. The Morgan fingerprint density at radius 3 is 2.25 bits per heavy atom. The predicted octanol–water partition coefficient (Wildman–Crippen LogP) is 3.73. The Kier molecular flexibility index (Phi) is 11.1. The van der Waals surface area contributed by atoms with Crippen LogP contribution < -0.4 is 16.2 Å². The molecule has 0 spiro atoms. The van der Waals surface area contributed by atoms with Crippen LogP contribution in [0.4, 0.5) is 8.78 Å². The topological polar surface area (TPSA) is 138 Å². The van der Waals surface area contributed by atoms with Crippen molar-refractivity contribution in [2.24, 2.45) is 0 Å². The van der Waals surface area contributed by atoms with E-state index in [1.54, 1.807) is 32.9 Å². The maximum atomic E-state index is 15.2. The molecule has 0 aliphatic rings. The zero-order chi connectivity index (χ0) is 32.7. The molecule has 3 rings (SSSR count). The van der Waals surface area contributed by atoms with Crippen LogP contribution in [0.5, 0.6) is 0 Å². The minimum Gasteiger partial charge on any atom is -0.481 e. The van der Waals surface area contributed by atoms with Gasteiger partial charge in [-0.05, 0) is 66.8 Å². The second-order valence-electron chi connectivity index (χ2n) is 10.7. The van der Waals surface area contributed by atoms with Crippen molar-refractivity contribution < 1.29 is 33.1 Å². The molecule has 1 aromatic heterocycles. The Hall–Kier alpha value is -4.87. The van der Waals surface area contributed by atoms with Crippen LogP contribution in [0.1, 0.15) is 59.3 Å². The molecular weight excluding hydrogens is 574 g/mol. The number of benzene rings is 2. The third kappa shape index (κ3) is 7.94. The molecule has 3 N–H and O–H groups in total. The molecule has 0 radical (unpaired) electrons. The van der Waals surface area contributed by atoms with Gasteiger partial charge in [0.2, 0.25) is 11.8 Å². The van der Waals surface area contributed by atoms with Gasteiger partial charge in [0.05, 0.1) is 12.5 Å². The minimum absolute atomic E-state index is 0.0940. The van der Waals surface area contributed by atoms with Crippen molar-refractivity contribution in [1.82, 2.24) is 20.1 Å². The molecule has 234 valence electrons. The van der Waals surface area contributed by atoms with Gasteiger partial charge in [-0.2, -0.15) is 0 Å². The lowest BCUT2D eigenvalue weighted by Crippen LogP contribution is -2.49. The molecule has 0 aliphatic carbocycles. The van der Waals surface area contributed by atoms with Crippen LogP contribution >= 0.6 is 0 Å². The fraction of sp³-hybridized carbons (Fsp3) is 0.344. The number of rotatable bonds is 12. The second-order valence-corrected chi connectivity index (χ2v) is 10.7. The molecule has 2 aromatic carbocycles. The van der Waals surface area contributed by atoms with Crippen molar-refractivity contribution in [2.45, 2.75) is 58.7 Å². The van der Waals surface area contributed by atoms with E-state index >= 15 is 4.39 Å². The highest BCUT2D eigenvalue weighted by atomic mass is 19.2. The van der Waals surface area contributed by atoms with Crippen molar-refractivity contribution in [3.05, 3.63) is 92.9 Å². The summed E-state index contributed by atoms with van der Waals surface area (Å²) in [5, 5.41) is 14.5. The van der Waals surface area contributed by atoms with Crippen molar-refractivity contribution >= 4 is 23.7 Å². The number of nitrogens with one attached hydrogen (secondary N) is 2. The van der Waals surface area contributed by atoms with Crippen LogP contribution in [-0.4, -0.2) is 58.4 Å². The summed E-state index contributed by atoms with van der Waals surface area (Å²) in [6, 6.07) is 7.70. The molecule has 10 nitrogen and oxygen atoms in total. The summed E-state index contributed by atoms with van der Waals surface area (Å²) >= 11 is 0. The van der Waals surface area contributed by atoms with Crippen LogP contribution in [0, 0.1) is 25.5 Å². The van der Waals surface area contributed by atoms with Crippen molar-refractivity contribution in [3.8, 4) is 11.1 Å². The van der Waals surface area contributed by atoms with Crippen molar-refractivity contribution in [1.29, 1.82) is 0 Å². The number of hydrogen-bond donors (Lipinski definition) is 3. The molecule has 2 atom stereocenters. The van der Waals surface area contributed by atoms with Gasteiger partial charge in [-0.15, -0.1) is 0 Å². The first kappa shape index (κ1) is 33.6. The Morgan fingerprint density at radius 2 is 1.66 bits per heavy atom. The number of halogens is 2. The summed E-state index contributed by atoms with van der Waals surface area (Å²) in [6.07, 6.45) is 1.09. The number of amides is 3. The van der Waals surface area contributed by atoms with E-state index in [0.717, 1.165) is 21.8 Å². The first-order valence-electron chi connectivity index (χ1n) is 14.0. The zero-order valence-corrected chi connectivity index (χ0v) is 25.2. The zero-order valence-electron chi connectivity index (χ0n) is 25.2. The number of hydrogen-bond acceptors (Lipinski definition) is 5. The van der Waals surface area contributed by atoms with Crippen molar-refractivity contribution in [3.63, 3.8) is 0 Å². The maximum absolute atomic E-state index is 15.2. The molecule has 0 unspecified atom stereocenters. The number of carboxylic acids is 1. The van der Waals surface area contributed by atoms with Crippen LogP contribution in [-0.2, 0) is 20.9 Å². The Bertz CT molecular complexity index is 1620. The SMILES string of the molecule is CCC[C@H](NC(=O)c1cccn(CC(=O)N(C)C)c1=O)C(=O)N[C@@H](CC(=O)O)c1cc(-c2c(C)cccc2C)cc(F)c1F. The maximum Gasteiger partial charge on any atom is 0.305 e. The van der Waals surface area contributed by atoms with E-state index in [0.29, 0.717) is 17.5 Å². The number of aryl methyl sites for hydroxylation is 2. The molecule has 0 bridgehead atoms. The van der Waals surface area contributed by atoms with E-state index in [-0.39, 0.29) is 30.0 Å². The van der Waals surface area contributed by atoms with Crippen LogP contribution in [0.15, 0.2) is 53.5 Å².